The van der Waals surface area contributed by atoms with Crippen molar-refractivity contribution in [2.75, 3.05) is 0 Å². The van der Waals surface area contributed by atoms with Gasteiger partial charge in [-0.15, -0.1) is 0 Å². The van der Waals surface area contributed by atoms with Gasteiger partial charge in [-0.3, -0.25) is 4.99 Å². The lowest BCUT2D eigenvalue weighted by Gasteiger charge is -2.01. The largest absolute Gasteiger partial charge is 0.268 e. The van der Waals surface area contributed by atoms with Crippen molar-refractivity contribution in [2.45, 2.75) is 13.3 Å². The third-order valence-corrected chi connectivity index (χ3v) is 2.44. The van der Waals surface area contributed by atoms with Crippen molar-refractivity contribution in [3.63, 3.8) is 0 Å². The molecule has 1 aromatic rings. The number of hydrogen-bond acceptors (Lipinski definition) is 1. The van der Waals surface area contributed by atoms with Gasteiger partial charge in [0.15, 0.2) is 0 Å². The fraction of sp³-hybridized carbons (Fsp3) is 0.118. The lowest BCUT2D eigenvalue weighted by atomic mass is 10.1. The van der Waals surface area contributed by atoms with Crippen molar-refractivity contribution >= 4 is 11.8 Å². The van der Waals surface area contributed by atoms with Gasteiger partial charge in [-0.1, -0.05) is 67.3 Å². The highest BCUT2D eigenvalue weighted by Gasteiger charge is 1.95. The first kappa shape index (κ1) is 13.9. The maximum absolute atomic E-state index is 4.27. The second-order valence-corrected chi connectivity index (χ2v) is 3.89. The minimum absolute atomic E-state index is 0.806. The Hall–Kier alpha value is -2.15. The minimum atomic E-state index is 0.806. The van der Waals surface area contributed by atoms with E-state index in [4.69, 9.17) is 0 Å². The minimum Gasteiger partial charge on any atom is -0.268 e. The summed E-state index contributed by atoms with van der Waals surface area (Å²) < 4.78 is 0. The lowest BCUT2D eigenvalue weighted by molar-refractivity contribution is 1.44. The Morgan fingerprint density at radius 1 is 1.22 bits per heavy atom. The van der Waals surface area contributed by atoms with Crippen LogP contribution in [0, 0.1) is 6.92 Å². The van der Waals surface area contributed by atoms with Crippen LogP contribution in [0.25, 0.3) is 5.57 Å². The molecule has 0 heterocycles. The molecule has 0 unspecified atom stereocenters. The molecular weight excluding hydrogens is 218 g/mol. The Labute approximate surface area is 110 Å². The van der Waals surface area contributed by atoms with Crippen LogP contribution in [0.3, 0.4) is 0 Å². The van der Waals surface area contributed by atoms with Gasteiger partial charge in [0, 0.05) is 18.8 Å². The van der Waals surface area contributed by atoms with E-state index in [0.29, 0.717) is 0 Å². The molecule has 0 N–H and O–H groups in total. The van der Waals surface area contributed by atoms with E-state index in [-0.39, 0.29) is 0 Å². The van der Waals surface area contributed by atoms with Gasteiger partial charge < -0.3 is 0 Å². The van der Waals surface area contributed by atoms with E-state index in [0.717, 1.165) is 17.6 Å². The molecule has 1 aromatic carbocycles. The van der Waals surface area contributed by atoms with Gasteiger partial charge in [-0.25, -0.2) is 0 Å². The van der Waals surface area contributed by atoms with Crippen LogP contribution in [0.15, 0.2) is 72.9 Å². The van der Waals surface area contributed by atoms with E-state index in [2.05, 4.69) is 49.3 Å². The smallest absolute Gasteiger partial charge is 0.0342 e. The molecule has 0 fully saturated rings. The predicted octanol–water partition coefficient (Wildman–Crippen LogP) is 4.73. The van der Waals surface area contributed by atoms with Gasteiger partial charge in [0.1, 0.15) is 0 Å². The number of benzene rings is 1. The Balaban J connectivity index is 2.71. The number of aryl methyl sites for hydroxylation is 1. The second kappa shape index (κ2) is 8.02. The van der Waals surface area contributed by atoms with Crippen LogP contribution in [0.1, 0.15) is 17.5 Å². The molecule has 0 saturated carbocycles. The molecule has 0 atom stereocenters. The molecule has 0 spiro atoms. The maximum Gasteiger partial charge on any atom is 0.0342 e. The van der Waals surface area contributed by atoms with E-state index < -0.39 is 0 Å². The molecule has 92 valence electrons. The zero-order chi connectivity index (χ0) is 13.2. The molecule has 1 rings (SSSR count). The van der Waals surface area contributed by atoms with Crippen molar-refractivity contribution in [1.82, 2.24) is 0 Å². The van der Waals surface area contributed by atoms with E-state index in [1.807, 2.05) is 30.6 Å². The third kappa shape index (κ3) is 4.79. The topological polar surface area (TPSA) is 12.4 Å². The molecule has 0 radical (unpaired) electrons. The molecule has 18 heavy (non-hydrogen) atoms. The molecule has 0 bridgehead atoms. The quantitative estimate of drug-likeness (QED) is 0.501. The van der Waals surface area contributed by atoms with Gasteiger partial charge in [0.2, 0.25) is 0 Å². The summed E-state index contributed by atoms with van der Waals surface area (Å²) in [5, 5.41) is 0. The molecule has 0 aromatic heterocycles. The van der Waals surface area contributed by atoms with E-state index in [1.165, 1.54) is 5.56 Å². The SMILES string of the molecule is C=C/C=C/CC=N/C=C(\C=C)c1ccc(C)cc1. The van der Waals surface area contributed by atoms with Crippen LogP contribution < -0.4 is 0 Å². The van der Waals surface area contributed by atoms with Crippen molar-refractivity contribution in [2.24, 2.45) is 4.99 Å². The summed E-state index contributed by atoms with van der Waals surface area (Å²) in [5.74, 6) is 0. The molecule has 0 aliphatic carbocycles. The van der Waals surface area contributed by atoms with Crippen LogP contribution in [-0.2, 0) is 0 Å². The average molecular weight is 237 g/mol. The lowest BCUT2D eigenvalue weighted by Crippen LogP contribution is -1.81. The maximum atomic E-state index is 4.27. The van der Waals surface area contributed by atoms with E-state index in [9.17, 15) is 0 Å². The Kier molecular flexibility index (Phi) is 6.20. The Morgan fingerprint density at radius 3 is 2.56 bits per heavy atom. The first-order chi connectivity index (χ1) is 8.77. The number of hydrogen-bond donors (Lipinski definition) is 0. The molecule has 0 amide bonds. The summed E-state index contributed by atoms with van der Waals surface area (Å²) in [4.78, 5) is 4.27. The Morgan fingerprint density at radius 2 is 1.94 bits per heavy atom. The normalized spacial score (nSPS) is 12.2. The van der Waals surface area contributed by atoms with Crippen LogP contribution in [-0.4, -0.2) is 6.21 Å². The first-order valence-electron chi connectivity index (χ1n) is 5.96. The fourth-order valence-electron chi connectivity index (χ4n) is 1.42. The first-order valence-corrected chi connectivity index (χ1v) is 5.96. The summed E-state index contributed by atoms with van der Waals surface area (Å²) in [7, 11) is 0. The van der Waals surface area contributed by atoms with Gasteiger partial charge >= 0.3 is 0 Å². The van der Waals surface area contributed by atoms with Crippen LogP contribution in [0.4, 0.5) is 0 Å². The van der Waals surface area contributed by atoms with Gasteiger partial charge in [-0.2, -0.15) is 0 Å². The number of allylic oxidation sites excluding steroid dienone is 5. The molecule has 1 nitrogen and oxygen atoms in total. The highest BCUT2D eigenvalue weighted by molar-refractivity contribution is 5.74. The van der Waals surface area contributed by atoms with Gasteiger partial charge in [-0.05, 0) is 18.1 Å². The summed E-state index contributed by atoms with van der Waals surface area (Å²) in [6.45, 7) is 9.50. The van der Waals surface area contributed by atoms with E-state index in [1.54, 1.807) is 6.08 Å². The fourth-order valence-corrected chi connectivity index (χ4v) is 1.42. The highest BCUT2D eigenvalue weighted by atomic mass is 14.7. The van der Waals surface area contributed by atoms with Crippen molar-refractivity contribution < 1.29 is 0 Å². The summed E-state index contributed by atoms with van der Waals surface area (Å²) >= 11 is 0. The summed E-state index contributed by atoms with van der Waals surface area (Å²) in [6.07, 6.45) is 12.0. The van der Waals surface area contributed by atoms with Gasteiger partial charge in [0.25, 0.3) is 0 Å². The third-order valence-electron chi connectivity index (χ3n) is 2.44. The van der Waals surface area contributed by atoms with E-state index >= 15 is 0 Å². The summed E-state index contributed by atoms with van der Waals surface area (Å²) in [6, 6.07) is 8.33. The zero-order valence-electron chi connectivity index (χ0n) is 10.8. The molecule has 1 heteroatoms. The predicted molar refractivity (Wildman–Crippen MR) is 81.8 cm³/mol. The van der Waals surface area contributed by atoms with Crippen molar-refractivity contribution in [3.8, 4) is 0 Å². The Bertz CT molecular complexity index is 473. The molecule has 0 aliphatic heterocycles. The molecular formula is C17H19N. The number of aliphatic imine (C=N–C) groups is 1. The molecule has 0 saturated heterocycles. The number of nitrogens with zero attached hydrogens (tertiary/aromatic N) is 1. The number of rotatable bonds is 6. The van der Waals surface area contributed by atoms with Crippen molar-refractivity contribution in [3.05, 3.63) is 79.1 Å². The highest BCUT2D eigenvalue weighted by Crippen LogP contribution is 2.15. The second-order valence-electron chi connectivity index (χ2n) is 3.89. The van der Waals surface area contributed by atoms with Crippen LogP contribution in [0.2, 0.25) is 0 Å². The summed E-state index contributed by atoms with van der Waals surface area (Å²) in [5.41, 5.74) is 3.41. The average Bonchev–Trinajstić information content (AvgIpc) is 2.39. The zero-order valence-corrected chi connectivity index (χ0v) is 10.8. The standard InChI is InChI=1S/C17H19N/c1-4-6-7-8-13-18-14-16(5-2)17-11-9-15(3)10-12-17/h4-7,9-14H,1-2,8H2,3H3/b7-6+,16-14+,18-13?. The van der Waals surface area contributed by atoms with Crippen LogP contribution in [0.5, 0.6) is 0 Å². The van der Waals surface area contributed by atoms with Crippen LogP contribution >= 0.6 is 0 Å². The monoisotopic (exact) mass is 237 g/mol. The molecule has 0 aliphatic rings. The van der Waals surface area contributed by atoms with Crippen molar-refractivity contribution in [1.29, 1.82) is 0 Å². The van der Waals surface area contributed by atoms with Gasteiger partial charge in [0.05, 0.1) is 0 Å².